The van der Waals surface area contributed by atoms with E-state index in [4.69, 9.17) is 9.47 Å². The Kier molecular flexibility index (Phi) is 11.3. The Morgan fingerprint density at radius 2 is 1.72 bits per heavy atom. The van der Waals surface area contributed by atoms with Crippen LogP contribution in [0.2, 0.25) is 0 Å². The molecule has 0 fully saturated rings. The first-order chi connectivity index (χ1) is 14.8. The summed E-state index contributed by atoms with van der Waals surface area (Å²) in [5, 5.41) is 3.40. The molecule has 0 aromatic heterocycles. The van der Waals surface area contributed by atoms with Crippen molar-refractivity contribution in [3.8, 4) is 11.5 Å². The molecule has 2 rings (SSSR count). The molecule has 32 heavy (non-hydrogen) atoms. The predicted octanol–water partition coefficient (Wildman–Crippen LogP) is 3.58. The number of nitrogens with zero attached hydrogens (tertiary/aromatic N) is 3. The zero-order chi connectivity index (χ0) is 23.0. The standard InChI is InChI=1S/C24H34N4O3.HI/c1-17-13-21(30-6)22(31-7)15-20(17)16-28(5)24(25-2)26-12-11-18-9-8-10-19(14-18)23(29)27(3)4;/h8-10,13-15H,11-12,16H2,1-7H3,(H,25,26);1H. The molecule has 8 heteroatoms. The summed E-state index contributed by atoms with van der Waals surface area (Å²) < 4.78 is 10.8. The van der Waals surface area contributed by atoms with Gasteiger partial charge in [0.2, 0.25) is 0 Å². The maximum Gasteiger partial charge on any atom is 0.253 e. The van der Waals surface area contributed by atoms with E-state index >= 15 is 0 Å². The number of aliphatic imine (C=N–C) groups is 1. The molecule has 0 heterocycles. The lowest BCUT2D eigenvalue weighted by Crippen LogP contribution is -2.39. The third-order valence-electron chi connectivity index (χ3n) is 5.10. The monoisotopic (exact) mass is 554 g/mol. The van der Waals surface area contributed by atoms with Crippen LogP contribution in [0.15, 0.2) is 41.4 Å². The van der Waals surface area contributed by atoms with Gasteiger partial charge in [0, 0.05) is 46.8 Å². The van der Waals surface area contributed by atoms with E-state index in [2.05, 4.69) is 22.1 Å². The number of nitrogens with one attached hydrogen (secondary N) is 1. The lowest BCUT2D eigenvalue weighted by Gasteiger charge is -2.24. The molecule has 0 aliphatic heterocycles. The molecule has 7 nitrogen and oxygen atoms in total. The zero-order valence-corrected chi connectivity index (χ0v) is 22.4. The van der Waals surface area contributed by atoms with E-state index in [1.165, 1.54) is 0 Å². The Morgan fingerprint density at radius 1 is 1.06 bits per heavy atom. The minimum Gasteiger partial charge on any atom is -0.493 e. The predicted molar refractivity (Wildman–Crippen MR) is 141 cm³/mol. The molecule has 2 aromatic rings. The van der Waals surface area contributed by atoms with Crippen LogP contribution >= 0.6 is 24.0 Å². The second-order valence-electron chi connectivity index (χ2n) is 7.61. The quantitative estimate of drug-likeness (QED) is 0.307. The van der Waals surface area contributed by atoms with Crippen LogP contribution in [0.4, 0.5) is 0 Å². The van der Waals surface area contributed by atoms with Crippen molar-refractivity contribution >= 4 is 35.8 Å². The normalized spacial score (nSPS) is 10.8. The number of amides is 1. The van der Waals surface area contributed by atoms with Crippen molar-refractivity contribution in [2.75, 3.05) is 49.0 Å². The van der Waals surface area contributed by atoms with Crippen molar-refractivity contribution < 1.29 is 14.3 Å². The third kappa shape index (κ3) is 7.29. The van der Waals surface area contributed by atoms with Crippen LogP contribution in [0, 0.1) is 6.92 Å². The molecule has 1 amide bonds. The number of aryl methyl sites for hydroxylation is 1. The van der Waals surface area contributed by atoms with Crippen LogP contribution in [-0.2, 0) is 13.0 Å². The number of carbonyl (C=O) groups is 1. The van der Waals surface area contributed by atoms with Gasteiger partial charge in [0.1, 0.15) is 0 Å². The van der Waals surface area contributed by atoms with Crippen LogP contribution in [0.5, 0.6) is 11.5 Å². The van der Waals surface area contributed by atoms with Crippen LogP contribution in [-0.4, -0.2) is 70.6 Å². The van der Waals surface area contributed by atoms with Crippen LogP contribution in [0.25, 0.3) is 0 Å². The number of guanidine groups is 1. The second kappa shape index (κ2) is 13.1. The molecule has 0 spiro atoms. The Labute approximate surface area is 208 Å². The van der Waals surface area contributed by atoms with Gasteiger partial charge in [0.05, 0.1) is 14.2 Å². The van der Waals surface area contributed by atoms with E-state index < -0.39 is 0 Å². The molecule has 0 bridgehead atoms. The van der Waals surface area contributed by atoms with E-state index in [0.717, 1.165) is 34.8 Å². The first kappa shape index (κ1) is 27.5. The fourth-order valence-electron chi connectivity index (χ4n) is 3.34. The maximum absolute atomic E-state index is 12.2. The Morgan fingerprint density at radius 3 is 2.31 bits per heavy atom. The molecule has 1 N–H and O–H groups in total. The van der Waals surface area contributed by atoms with Crippen LogP contribution in [0.3, 0.4) is 0 Å². The average Bonchev–Trinajstić information content (AvgIpc) is 2.77. The summed E-state index contributed by atoms with van der Waals surface area (Å²) in [6, 6.07) is 11.7. The van der Waals surface area contributed by atoms with Crippen LogP contribution < -0.4 is 14.8 Å². The number of halogens is 1. The summed E-state index contributed by atoms with van der Waals surface area (Å²) in [5.74, 6) is 2.25. The fraction of sp³-hybridized carbons (Fsp3) is 0.417. The molecule has 0 aliphatic carbocycles. The van der Waals surface area contributed by atoms with Gasteiger partial charge in [-0.25, -0.2) is 0 Å². The van der Waals surface area contributed by atoms with Crippen molar-refractivity contribution in [2.24, 2.45) is 4.99 Å². The number of hydrogen-bond donors (Lipinski definition) is 1. The number of hydrogen-bond acceptors (Lipinski definition) is 4. The van der Waals surface area contributed by atoms with E-state index in [1.807, 2.05) is 43.4 Å². The van der Waals surface area contributed by atoms with Gasteiger partial charge in [0.15, 0.2) is 17.5 Å². The summed E-state index contributed by atoms with van der Waals surface area (Å²) in [6.45, 7) is 3.45. The van der Waals surface area contributed by atoms with Gasteiger partial charge < -0.3 is 24.6 Å². The highest BCUT2D eigenvalue weighted by Crippen LogP contribution is 2.30. The summed E-state index contributed by atoms with van der Waals surface area (Å²) in [6.07, 6.45) is 0.788. The Hall–Kier alpha value is -2.49. The van der Waals surface area contributed by atoms with Gasteiger partial charge >= 0.3 is 0 Å². The Bertz CT molecular complexity index is 931. The topological polar surface area (TPSA) is 66.4 Å². The van der Waals surface area contributed by atoms with E-state index in [9.17, 15) is 4.79 Å². The lowest BCUT2D eigenvalue weighted by molar-refractivity contribution is 0.0827. The minimum atomic E-state index is 0. The van der Waals surface area contributed by atoms with Crippen molar-refractivity contribution in [1.29, 1.82) is 0 Å². The number of methoxy groups -OCH3 is 2. The highest BCUT2D eigenvalue weighted by molar-refractivity contribution is 14.0. The summed E-state index contributed by atoms with van der Waals surface area (Å²) >= 11 is 0. The van der Waals surface area contributed by atoms with Gasteiger partial charge in [-0.05, 0) is 54.3 Å². The fourth-order valence-corrected chi connectivity index (χ4v) is 3.34. The van der Waals surface area contributed by atoms with Gasteiger partial charge in [0.25, 0.3) is 5.91 Å². The minimum absolute atomic E-state index is 0. The van der Waals surface area contributed by atoms with Crippen molar-refractivity contribution in [2.45, 2.75) is 19.9 Å². The second-order valence-corrected chi connectivity index (χ2v) is 7.61. The van der Waals surface area contributed by atoms with Gasteiger partial charge in [-0.15, -0.1) is 24.0 Å². The third-order valence-corrected chi connectivity index (χ3v) is 5.10. The highest BCUT2D eigenvalue weighted by atomic mass is 127. The zero-order valence-electron chi connectivity index (χ0n) is 20.1. The molecule has 176 valence electrons. The molecule has 2 aromatic carbocycles. The highest BCUT2D eigenvalue weighted by Gasteiger charge is 2.13. The first-order valence-corrected chi connectivity index (χ1v) is 10.2. The smallest absolute Gasteiger partial charge is 0.253 e. The number of carbonyl (C=O) groups excluding carboxylic acids is 1. The molecular weight excluding hydrogens is 519 g/mol. The van der Waals surface area contributed by atoms with Crippen LogP contribution in [0.1, 0.15) is 27.0 Å². The molecule has 0 saturated carbocycles. The molecule has 0 unspecified atom stereocenters. The maximum atomic E-state index is 12.2. The average molecular weight is 554 g/mol. The van der Waals surface area contributed by atoms with Crippen molar-refractivity contribution in [3.05, 3.63) is 58.7 Å². The van der Waals surface area contributed by atoms with Gasteiger partial charge in [-0.3, -0.25) is 9.79 Å². The van der Waals surface area contributed by atoms with E-state index in [0.29, 0.717) is 24.4 Å². The molecule has 0 aliphatic rings. The Balaban J connectivity index is 0.00000512. The number of ether oxygens (including phenoxy) is 2. The van der Waals surface area contributed by atoms with Crippen molar-refractivity contribution in [1.82, 2.24) is 15.1 Å². The van der Waals surface area contributed by atoms with E-state index in [1.54, 1.807) is 40.3 Å². The van der Waals surface area contributed by atoms with E-state index in [-0.39, 0.29) is 29.9 Å². The SMILES string of the molecule is CN=C(NCCc1cccc(C(=O)N(C)C)c1)N(C)Cc1cc(OC)c(OC)cc1C.I. The first-order valence-electron chi connectivity index (χ1n) is 10.2. The lowest BCUT2D eigenvalue weighted by atomic mass is 10.1. The number of benzene rings is 2. The summed E-state index contributed by atoms with van der Waals surface area (Å²) in [7, 11) is 10.6. The van der Waals surface area contributed by atoms with Crippen molar-refractivity contribution in [3.63, 3.8) is 0 Å². The molecule has 0 atom stereocenters. The molecular formula is C24H35IN4O3. The van der Waals surface area contributed by atoms with Gasteiger partial charge in [-0.2, -0.15) is 0 Å². The molecule has 0 radical (unpaired) electrons. The summed E-state index contributed by atoms with van der Waals surface area (Å²) in [5.41, 5.74) is 4.07. The largest absolute Gasteiger partial charge is 0.493 e. The molecule has 0 saturated heterocycles. The van der Waals surface area contributed by atoms with Gasteiger partial charge in [-0.1, -0.05) is 12.1 Å². The summed E-state index contributed by atoms with van der Waals surface area (Å²) in [4.78, 5) is 20.2. The number of rotatable bonds is 8.